The summed E-state index contributed by atoms with van der Waals surface area (Å²) in [5.41, 5.74) is 3.84. The van der Waals surface area contributed by atoms with Crippen molar-refractivity contribution in [2.24, 2.45) is 4.99 Å². The normalized spacial score (nSPS) is 12.7. The topological polar surface area (TPSA) is 57.5 Å². The Bertz CT molecular complexity index is 903. The fourth-order valence-electron chi connectivity index (χ4n) is 3.41. The third-order valence-corrected chi connectivity index (χ3v) is 5.51. The average molecular weight is 419 g/mol. The molecule has 0 aliphatic rings. The smallest absolute Gasteiger partial charge is 0.191 e. The van der Waals surface area contributed by atoms with Crippen LogP contribution in [0.4, 0.5) is 0 Å². The maximum Gasteiger partial charge on any atom is 0.191 e. The van der Waals surface area contributed by atoms with Crippen LogP contribution in [-0.4, -0.2) is 47.1 Å². The number of imidazole rings is 1. The molecule has 0 fully saturated rings. The molecule has 6 heteroatoms. The van der Waals surface area contributed by atoms with Crippen molar-refractivity contribution in [1.29, 1.82) is 0 Å². The maximum absolute atomic E-state index is 4.35. The third kappa shape index (κ3) is 7.57. The van der Waals surface area contributed by atoms with E-state index in [0.717, 1.165) is 38.6 Å². The number of hydrogen-bond acceptors (Lipinski definition) is 3. The van der Waals surface area contributed by atoms with E-state index in [1.54, 1.807) is 6.20 Å². The van der Waals surface area contributed by atoms with E-state index < -0.39 is 0 Å². The van der Waals surface area contributed by atoms with Crippen LogP contribution in [0.2, 0.25) is 0 Å². The van der Waals surface area contributed by atoms with Crippen LogP contribution in [0.25, 0.3) is 0 Å². The molecule has 1 aromatic heterocycles. The Hall–Kier alpha value is -3.12. The van der Waals surface area contributed by atoms with Gasteiger partial charge in [0.1, 0.15) is 0 Å². The zero-order valence-electron chi connectivity index (χ0n) is 18.8. The van der Waals surface area contributed by atoms with E-state index in [1.807, 2.05) is 19.6 Å². The van der Waals surface area contributed by atoms with Gasteiger partial charge in [-0.15, -0.1) is 0 Å². The van der Waals surface area contributed by atoms with Crippen LogP contribution in [-0.2, 0) is 19.6 Å². The zero-order chi connectivity index (χ0) is 21.9. The number of benzene rings is 2. The van der Waals surface area contributed by atoms with Gasteiger partial charge in [-0.05, 0) is 37.1 Å². The first-order valence-electron chi connectivity index (χ1n) is 10.9. The first-order valence-corrected chi connectivity index (χ1v) is 10.9. The van der Waals surface area contributed by atoms with Gasteiger partial charge in [-0.1, -0.05) is 54.6 Å². The van der Waals surface area contributed by atoms with Crippen LogP contribution in [0.5, 0.6) is 0 Å². The number of rotatable bonds is 10. The lowest BCUT2D eigenvalue weighted by Gasteiger charge is -2.25. The van der Waals surface area contributed by atoms with Crippen molar-refractivity contribution in [3.8, 4) is 0 Å². The van der Waals surface area contributed by atoms with Gasteiger partial charge in [0.05, 0.1) is 6.33 Å². The summed E-state index contributed by atoms with van der Waals surface area (Å²) in [7, 11) is 4.00. The molecule has 1 unspecified atom stereocenters. The summed E-state index contributed by atoms with van der Waals surface area (Å²) in [5.74, 6) is 0.834. The Morgan fingerprint density at radius 3 is 2.45 bits per heavy atom. The lowest BCUT2D eigenvalue weighted by atomic mass is 10.1. The molecule has 0 saturated heterocycles. The molecule has 1 heterocycles. The monoisotopic (exact) mass is 418 g/mol. The highest BCUT2D eigenvalue weighted by molar-refractivity contribution is 5.79. The maximum atomic E-state index is 4.35. The molecule has 0 amide bonds. The second-order valence-electron chi connectivity index (χ2n) is 7.94. The van der Waals surface area contributed by atoms with Gasteiger partial charge in [0.15, 0.2) is 5.96 Å². The molecular formula is C25H34N6. The van der Waals surface area contributed by atoms with Crippen molar-refractivity contribution < 1.29 is 0 Å². The van der Waals surface area contributed by atoms with Gasteiger partial charge in [0.2, 0.25) is 0 Å². The summed E-state index contributed by atoms with van der Waals surface area (Å²) >= 11 is 0. The van der Waals surface area contributed by atoms with Gasteiger partial charge in [-0.25, -0.2) is 4.98 Å². The molecule has 2 aromatic carbocycles. The third-order valence-electron chi connectivity index (χ3n) is 5.51. The van der Waals surface area contributed by atoms with E-state index in [0.29, 0.717) is 6.04 Å². The second-order valence-corrected chi connectivity index (χ2v) is 7.94. The summed E-state index contributed by atoms with van der Waals surface area (Å²) in [4.78, 5) is 10.8. The molecule has 3 aromatic rings. The van der Waals surface area contributed by atoms with Gasteiger partial charge in [-0.3, -0.25) is 9.89 Å². The quantitative estimate of drug-likeness (QED) is 0.391. The minimum absolute atomic E-state index is 0.480. The highest BCUT2D eigenvalue weighted by atomic mass is 15.2. The molecule has 0 aliphatic heterocycles. The zero-order valence-corrected chi connectivity index (χ0v) is 18.8. The molecule has 164 valence electrons. The van der Waals surface area contributed by atoms with Crippen molar-refractivity contribution in [2.75, 3.05) is 20.6 Å². The van der Waals surface area contributed by atoms with E-state index in [9.17, 15) is 0 Å². The van der Waals surface area contributed by atoms with Crippen molar-refractivity contribution in [3.05, 3.63) is 90.0 Å². The molecule has 0 saturated carbocycles. The van der Waals surface area contributed by atoms with Gasteiger partial charge in [-0.2, -0.15) is 0 Å². The van der Waals surface area contributed by atoms with Gasteiger partial charge in [0.25, 0.3) is 0 Å². The molecule has 3 rings (SSSR count). The van der Waals surface area contributed by atoms with Crippen LogP contribution in [0.3, 0.4) is 0 Å². The average Bonchev–Trinajstić information content (AvgIpc) is 3.30. The molecule has 6 nitrogen and oxygen atoms in total. The van der Waals surface area contributed by atoms with Crippen molar-refractivity contribution in [2.45, 2.75) is 39.0 Å². The summed E-state index contributed by atoms with van der Waals surface area (Å²) in [6.07, 6.45) is 6.67. The van der Waals surface area contributed by atoms with Gasteiger partial charge >= 0.3 is 0 Å². The van der Waals surface area contributed by atoms with E-state index in [2.05, 4.69) is 98.6 Å². The second kappa shape index (κ2) is 11.9. The van der Waals surface area contributed by atoms with Gasteiger partial charge in [0, 0.05) is 51.7 Å². The Balaban J connectivity index is 1.37. The lowest BCUT2D eigenvalue weighted by molar-refractivity contribution is 0.238. The molecule has 0 bridgehead atoms. The summed E-state index contributed by atoms with van der Waals surface area (Å²) < 4.78 is 2.07. The number of nitrogens with one attached hydrogen (secondary N) is 2. The number of aromatic nitrogens is 2. The number of guanidine groups is 1. The van der Waals surface area contributed by atoms with E-state index in [1.165, 1.54) is 16.7 Å². The molecule has 31 heavy (non-hydrogen) atoms. The van der Waals surface area contributed by atoms with Crippen LogP contribution in [0, 0.1) is 0 Å². The van der Waals surface area contributed by atoms with Crippen molar-refractivity contribution in [1.82, 2.24) is 25.1 Å². The highest BCUT2D eigenvalue weighted by Gasteiger charge is 2.10. The van der Waals surface area contributed by atoms with Crippen LogP contribution < -0.4 is 10.6 Å². The first kappa shape index (κ1) is 22.6. The lowest BCUT2D eigenvalue weighted by Crippen LogP contribution is -2.39. The summed E-state index contributed by atoms with van der Waals surface area (Å²) in [6.45, 7) is 5.70. The number of hydrogen-bond donors (Lipinski definition) is 2. The van der Waals surface area contributed by atoms with Crippen LogP contribution in [0.15, 0.2) is 78.3 Å². The predicted molar refractivity (Wildman–Crippen MR) is 128 cm³/mol. The minimum Gasteiger partial charge on any atom is -0.356 e. The Kier molecular flexibility index (Phi) is 8.67. The number of aliphatic imine (C=N–C) groups is 1. The van der Waals surface area contributed by atoms with Crippen molar-refractivity contribution in [3.63, 3.8) is 0 Å². The van der Waals surface area contributed by atoms with E-state index in [-0.39, 0.29) is 0 Å². The van der Waals surface area contributed by atoms with Gasteiger partial charge < -0.3 is 15.2 Å². The standard InChI is InChI=1S/C25H34N6/c1-21(30(3)18-23-7-5-4-6-8-23)13-14-28-25(26-2)29-17-22-9-11-24(12-10-22)19-31-16-15-27-20-31/h4-12,15-16,20-21H,13-14,17-19H2,1-3H3,(H2,26,28,29). The van der Waals surface area contributed by atoms with Crippen LogP contribution in [0.1, 0.15) is 30.0 Å². The molecule has 0 radical (unpaired) electrons. The largest absolute Gasteiger partial charge is 0.356 e. The summed E-state index contributed by atoms with van der Waals surface area (Å²) in [5, 5.41) is 6.84. The van der Waals surface area contributed by atoms with Crippen LogP contribution >= 0.6 is 0 Å². The molecule has 1 atom stereocenters. The minimum atomic E-state index is 0.480. The Morgan fingerprint density at radius 2 is 1.77 bits per heavy atom. The fourth-order valence-corrected chi connectivity index (χ4v) is 3.41. The Labute approximate surface area is 186 Å². The number of nitrogens with zero attached hydrogens (tertiary/aromatic N) is 4. The van der Waals surface area contributed by atoms with E-state index in [4.69, 9.17) is 0 Å². The highest BCUT2D eigenvalue weighted by Crippen LogP contribution is 2.08. The first-order chi connectivity index (χ1) is 15.1. The van der Waals surface area contributed by atoms with Crippen molar-refractivity contribution >= 4 is 5.96 Å². The molecule has 0 aliphatic carbocycles. The Morgan fingerprint density at radius 1 is 1.03 bits per heavy atom. The fraction of sp³-hybridized carbons (Fsp3) is 0.360. The summed E-state index contributed by atoms with van der Waals surface area (Å²) in [6, 6.07) is 19.7. The molecular weight excluding hydrogens is 384 g/mol. The molecule has 2 N–H and O–H groups in total. The predicted octanol–water partition coefficient (Wildman–Crippen LogP) is 3.51. The van der Waals surface area contributed by atoms with E-state index >= 15 is 0 Å². The molecule has 0 spiro atoms. The SMILES string of the molecule is CN=C(NCCC(C)N(C)Cc1ccccc1)NCc1ccc(Cn2ccnc2)cc1.